The van der Waals surface area contributed by atoms with E-state index in [0.717, 1.165) is 24.6 Å². The second-order valence-electron chi connectivity index (χ2n) is 6.20. The van der Waals surface area contributed by atoms with Gasteiger partial charge in [-0.3, -0.25) is 9.88 Å². The van der Waals surface area contributed by atoms with E-state index in [1.54, 1.807) is 18.6 Å². The van der Waals surface area contributed by atoms with E-state index in [0.29, 0.717) is 5.88 Å². The number of rotatable bonds is 3. The van der Waals surface area contributed by atoms with Crippen molar-refractivity contribution in [3.05, 3.63) is 47.9 Å². The minimum atomic E-state index is 0.548. The lowest BCUT2D eigenvalue weighted by Crippen LogP contribution is -2.41. The fourth-order valence-corrected chi connectivity index (χ4v) is 3.36. The van der Waals surface area contributed by atoms with Crippen molar-refractivity contribution < 1.29 is 4.74 Å². The van der Waals surface area contributed by atoms with Crippen molar-refractivity contribution in [2.75, 3.05) is 13.1 Å². The largest absolute Gasteiger partial charge is 0.437 e. The normalized spacial score (nSPS) is 19.1. The molecule has 0 bridgehead atoms. The molecule has 1 aromatic heterocycles. The summed E-state index contributed by atoms with van der Waals surface area (Å²) in [5.41, 5.74) is 2.89. The summed E-state index contributed by atoms with van der Waals surface area (Å²) in [6, 6.07) is 7.27. The van der Waals surface area contributed by atoms with E-state index < -0.39 is 0 Å². The zero-order valence-electron chi connectivity index (χ0n) is 12.7. The van der Waals surface area contributed by atoms with Gasteiger partial charge in [-0.2, -0.15) is 0 Å². The number of hydrogen-bond acceptors (Lipinski definition) is 4. The van der Waals surface area contributed by atoms with Crippen LogP contribution in [0.5, 0.6) is 11.6 Å². The molecule has 0 atom stereocenters. The molecule has 1 fully saturated rings. The third-order valence-corrected chi connectivity index (χ3v) is 4.87. The lowest BCUT2D eigenvalue weighted by Gasteiger charge is -2.36. The monoisotopic (exact) mass is 295 g/mol. The molecule has 4 rings (SSSR count). The van der Waals surface area contributed by atoms with Gasteiger partial charge in [0.05, 0.1) is 6.20 Å². The van der Waals surface area contributed by atoms with E-state index in [1.807, 2.05) is 6.07 Å². The highest BCUT2D eigenvalue weighted by Gasteiger charge is 2.26. The summed E-state index contributed by atoms with van der Waals surface area (Å²) in [6.45, 7) is 2.37. The molecule has 4 nitrogen and oxygen atoms in total. The maximum atomic E-state index is 5.80. The van der Waals surface area contributed by atoms with Gasteiger partial charge in [0.2, 0.25) is 5.88 Å². The van der Waals surface area contributed by atoms with Crippen LogP contribution < -0.4 is 4.74 Å². The molecule has 0 spiro atoms. The zero-order chi connectivity index (χ0) is 14.8. The van der Waals surface area contributed by atoms with Crippen LogP contribution in [-0.2, 0) is 12.8 Å². The molecule has 1 saturated carbocycles. The fraction of sp³-hybridized carbons (Fsp3) is 0.444. The predicted octanol–water partition coefficient (Wildman–Crippen LogP) is 3.22. The van der Waals surface area contributed by atoms with E-state index in [-0.39, 0.29) is 0 Å². The van der Waals surface area contributed by atoms with Gasteiger partial charge in [-0.15, -0.1) is 0 Å². The number of nitrogens with zero attached hydrogens (tertiary/aromatic N) is 3. The van der Waals surface area contributed by atoms with Crippen LogP contribution in [0.1, 0.15) is 30.4 Å². The minimum absolute atomic E-state index is 0.548. The highest BCUT2D eigenvalue weighted by molar-refractivity contribution is 5.38. The topological polar surface area (TPSA) is 38.2 Å². The van der Waals surface area contributed by atoms with Crippen LogP contribution in [0, 0.1) is 0 Å². The van der Waals surface area contributed by atoms with Crippen molar-refractivity contribution in [3.8, 4) is 11.6 Å². The standard InChI is InChI=1S/C18H21N3O/c1-2-16(3-1)21-10-6-14-4-5-17(12-15(14)7-11-21)22-18-13-19-8-9-20-18/h4-5,8-9,12-13,16H,1-3,6-7,10-11H2. The second kappa shape index (κ2) is 6.05. The zero-order valence-corrected chi connectivity index (χ0v) is 12.7. The average Bonchev–Trinajstić information content (AvgIpc) is 2.70. The summed E-state index contributed by atoms with van der Waals surface area (Å²) in [5.74, 6) is 1.41. The summed E-state index contributed by atoms with van der Waals surface area (Å²) >= 11 is 0. The van der Waals surface area contributed by atoms with Crippen molar-refractivity contribution in [1.29, 1.82) is 0 Å². The Morgan fingerprint density at radius 2 is 1.91 bits per heavy atom. The molecule has 2 aliphatic rings. The predicted molar refractivity (Wildman–Crippen MR) is 85.2 cm³/mol. The van der Waals surface area contributed by atoms with Crippen LogP contribution in [0.2, 0.25) is 0 Å². The van der Waals surface area contributed by atoms with E-state index >= 15 is 0 Å². The van der Waals surface area contributed by atoms with Crippen molar-refractivity contribution >= 4 is 0 Å². The summed E-state index contributed by atoms with van der Waals surface area (Å²) in [4.78, 5) is 10.9. The quantitative estimate of drug-likeness (QED) is 0.871. The molecular formula is C18H21N3O. The first kappa shape index (κ1) is 13.7. The Morgan fingerprint density at radius 1 is 1.05 bits per heavy atom. The number of benzene rings is 1. The number of hydrogen-bond donors (Lipinski definition) is 0. The number of ether oxygens (including phenoxy) is 1. The van der Waals surface area contributed by atoms with Crippen LogP contribution in [0.25, 0.3) is 0 Å². The Morgan fingerprint density at radius 3 is 2.64 bits per heavy atom. The van der Waals surface area contributed by atoms with E-state index in [4.69, 9.17) is 4.74 Å². The van der Waals surface area contributed by atoms with Crippen LogP contribution in [0.3, 0.4) is 0 Å². The molecule has 1 aliphatic carbocycles. The third-order valence-electron chi connectivity index (χ3n) is 4.87. The van der Waals surface area contributed by atoms with Gasteiger partial charge in [-0.25, -0.2) is 4.98 Å². The maximum Gasteiger partial charge on any atom is 0.237 e. The Labute approximate surface area is 131 Å². The van der Waals surface area contributed by atoms with Gasteiger partial charge in [0.25, 0.3) is 0 Å². The Balaban J connectivity index is 1.49. The van der Waals surface area contributed by atoms with E-state index in [1.165, 1.54) is 43.5 Å². The molecule has 0 amide bonds. The number of fused-ring (bicyclic) bond motifs is 1. The lowest BCUT2D eigenvalue weighted by atomic mass is 9.91. The smallest absolute Gasteiger partial charge is 0.237 e. The van der Waals surface area contributed by atoms with Gasteiger partial charge in [0, 0.05) is 31.5 Å². The van der Waals surface area contributed by atoms with Crippen LogP contribution in [0.15, 0.2) is 36.8 Å². The van der Waals surface area contributed by atoms with Gasteiger partial charge in [0.1, 0.15) is 5.75 Å². The molecule has 0 saturated heterocycles. The first-order valence-corrected chi connectivity index (χ1v) is 8.18. The Kier molecular flexibility index (Phi) is 3.77. The fourth-order valence-electron chi connectivity index (χ4n) is 3.36. The van der Waals surface area contributed by atoms with Crippen LogP contribution in [0.4, 0.5) is 0 Å². The van der Waals surface area contributed by atoms with Crippen molar-refractivity contribution in [2.45, 2.75) is 38.1 Å². The summed E-state index contributed by atoms with van der Waals surface area (Å²) < 4.78 is 5.80. The molecule has 0 radical (unpaired) electrons. The molecule has 0 N–H and O–H groups in total. The highest BCUT2D eigenvalue weighted by atomic mass is 16.5. The van der Waals surface area contributed by atoms with E-state index in [9.17, 15) is 0 Å². The van der Waals surface area contributed by atoms with Gasteiger partial charge < -0.3 is 4.74 Å². The van der Waals surface area contributed by atoms with Crippen LogP contribution >= 0.6 is 0 Å². The average molecular weight is 295 g/mol. The first-order valence-electron chi connectivity index (χ1n) is 8.18. The third kappa shape index (κ3) is 2.83. The van der Waals surface area contributed by atoms with Crippen LogP contribution in [-0.4, -0.2) is 34.0 Å². The first-order chi connectivity index (χ1) is 10.9. The Bertz CT molecular complexity index is 640. The van der Waals surface area contributed by atoms with E-state index in [2.05, 4.69) is 27.0 Å². The highest BCUT2D eigenvalue weighted by Crippen LogP contribution is 2.29. The molecule has 2 aromatic rings. The van der Waals surface area contributed by atoms with Crippen molar-refractivity contribution in [2.24, 2.45) is 0 Å². The SMILES string of the molecule is c1cnc(Oc2ccc3c(c2)CCN(C2CCC2)CC3)cn1. The molecule has 4 heteroatoms. The maximum absolute atomic E-state index is 5.80. The molecule has 1 aromatic carbocycles. The van der Waals surface area contributed by atoms with Gasteiger partial charge >= 0.3 is 0 Å². The molecule has 1 aliphatic heterocycles. The number of aromatic nitrogens is 2. The molecule has 0 unspecified atom stereocenters. The summed E-state index contributed by atoms with van der Waals surface area (Å²) in [7, 11) is 0. The molecule has 2 heterocycles. The van der Waals surface area contributed by atoms with Crippen molar-refractivity contribution in [1.82, 2.24) is 14.9 Å². The molecule has 114 valence electrons. The summed E-state index contributed by atoms with van der Waals surface area (Å²) in [6.07, 6.45) is 11.4. The van der Waals surface area contributed by atoms with Gasteiger partial charge in [0.15, 0.2) is 0 Å². The minimum Gasteiger partial charge on any atom is -0.437 e. The van der Waals surface area contributed by atoms with Gasteiger partial charge in [-0.1, -0.05) is 12.5 Å². The Hall–Kier alpha value is -1.94. The lowest BCUT2D eigenvalue weighted by molar-refractivity contribution is 0.133. The molecule has 22 heavy (non-hydrogen) atoms. The van der Waals surface area contributed by atoms with Gasteiger partial charge in [-0.05, 0) is 48.9 Å². The molecular weight excluding hydrogens is 274 g/mol. The summed E-state index contributed by atoms with van der Waals surface area (Å²) in [5, 5.41) is 0. The second-order valence-corrected chi connectivity index (χ2v) is 6.20. The van der Waals surface area contributed by atoms with Crippen molar-refractivity contribution in [3.63, 3.8) is 0 Å².